The zero-order valence-corrected chi connectivity index (χ0v) is 12.2. The highest BCUT2D eigenvalue weighted by molar-refractivity contribution is 7.79. The molecule has 0 spiro atoms. The first-order valence-corrected chi connectivity index (χ1v) is 6.94. The van der Waals surface area contributed by atoms with Crippen molar-refractivity contribution in [1.82, 2.24) is 9.55 Å². The summed E-state index contributed by atoms with van der Waals surface area (Å²) >= 11 is 4.35. The van der Waals surface area contributed by atoms with Crippen LogP contribution in [0.25, 0.3) is 11.0 Å². The fourth-order valence-corrected chi connectivity index (χ4v) is 2.38. The van der Waals surface area contributed by atoms with Crippen LogP contribution in [0, 0.1) is 0 Å². The molecule has 1 aromatic carbocycles. The second-order valence-corrected chi connectivity index (χ2v) is 5.28. The van der Waals surface area contributed by atoms with Crippen molar-refractivity contribution in [3.63, 3.8) is 0 Å². The molecule has 2 aromatic rings. The second kappa shape index (κ2) is 5.22. The average Bonchev–Trinajstić information content (AvgIpc) is 2.65. The summed E-state index contributed by atoms with van der Waals surface area (Å²) in [5.41, 5.74) is 2.12. The molecule has 18 heavy (non-hydrogen) atoms. The van der Waals surface area contributed by atoms with E-state index in [9.17, 15) is 0 Å². The van der Waals surface area contributed by atoms with Gasteiger partial charge in [-0.1, -0.05) is 0 Å². The number of fused-ring (bicyclic) bond motifs is 1. The number of hydrogen-bond acceptors (Lipinski definition) is 3. The fraction of sp³-hybridized carbons (Fsp3) is 0.500. The van der Waals surface area contributed by atoms with Gasteiger partial charge in [0.2, 0.25) is 0 Å². The molecule has 0 saturated heterocycles. The average molecular weight is 264 g/mol. The molecule has 0 N–H and O–H groups in total. The van der Waals surface area contributed by atoms with Crippen LogP contribution in [0.15, 0.2) is 18.2 Å². The summed E-state index contributed by atoms with van der Waals surface area (Å²) in [7, 11) is 0. The molecular formula is C14H20N2OS. The molecule has 0 bridgehead atoms. The van der Waals surface area contributed by atoms with Gasteiger partial charge in [-0.15, -0.1) is 0 Å². The topological polar surface area (TPSA) is 27.1 Å². The normalized spacial score (nSPS) is 11.7. The maximum atomic E-state index is 5.70. The molecule has 0 fully saturated rings. The largest absolute Gasteiger partial charge is 0.491 e. The summed E-state index contributed by atoms with van der Waals surface area (Å²) in [5, 5.41) is 0. The molecule has 0 aliphatic heterocycles. The summed E-state index contributed by atoms with van der Waals surface area (Å²) in [5.74, 6) is 2.52. The van der Waals surface area contributed by atoms with Gasteiger partial charge in [0.1, 0.15) is 11.6 Å². The molecule has 0 aliphatic rings. The van der Waals surface area contributed by atoms with Crippen LogP contribution in [0.5, 0.6) is 5.75 Å². The summed E-state index contributed by atoms with van der Waals surface area (Å²) in [6.07, 6.45) is 0.180. The highest BCUT2D eigenvalue weighted by atomic mass is 32.1. The van der Waals surface area contributed by atoms with Crippen LogP contribution < -0.4 is 4.74 Å². The van der Waals surface area contributed by atoms with Crippen LogP contribution in [0.2, 0.25) is 0 Å². The molecule has 0 aliphatic carbocycles. The Morgan fingerprint density at radius 1 is 1.28 bits per heavy atom. The lowest BCUT2D eigenvalue weighted by molar-refractivity contribution is 0.242. The Kier molecular flexibility index (Phi) is 3.85. The van der Waals surface area contributed by atoms with E-state index in [4.69, 9.17) is 4.74 Å². The lowest BCUT2D eigenvalue weighted by Gasteiger charge is -2.12. The van der Waals surface area contributed by atoms with Gasteiger partial charge in [0.05, 0.1) is 17.1 Å². The first-order chi connectivity index (χ1) is 8.52. The van der Waals surface area contributed by atoms with E-state index in [2.05, 4.69) is 42.1 Å². The molecule has 0 amide bonds. The standard InChI is InChI=1S/C14H20N2OS/c1-9(2)16-13-6-5-11(17-10(3)4)7-12(13)15-14(16)8-18/h5-7,9-10,18H,8H2,1-4H3. The maximum absolute atomic E-state index is 5.70. The van der Waals surface area contributed by atoms with Crippen molar-refractivity contribution in [1.29, 1.82) is 0 Å². The van der Waals surface area contributed by atoms with Crippen LogP contribution in [0.4, 0.5) is 0 Å². The van der Waals surface area contributed by atoms with Gasteiger partial charge < -0.3 is 9.30 Å². The molecule has 0 saturated carbocycles. The molecule has 0 radical (unpaired) electrons. The lowest BCUT2D eigenvalue weighted by atomic mass is 10.2. The first kappa shape index (κ1) is 13.3. The quantitative estimate of drug-likeness (QED) is 0.850. The fourth-order valence-electron chi connectivity index (χ4n) is 2.16. The maximum Gasteiger partial charge on any atom is 0.121 e. The number of benzene rings is 1. The minimum absolute atomic E-state index is 0.180. The molecule has 4 heteroatoms. The Bertz CT molecular complexity index is 546. The van der Waals surface area contributed by atoms with Gasteiger partial charge in [0.15, 0.2) is 0 Å². The molecule has 3 nitrogen and oxygen atoms in total. The summed E-state index contributed by atoms with van der Waals surface area (Å²) in [6, 6.07) is 6.47. The van der Waals surface area contributed by atoms with E-state index in [1.54, 1.807) is 0 Å². The van der Waals surface area contributed by atoms with Crippen molar-refractivity contribution in [2.24, 2.45) is 0 Å². The van der Waals surface area contributed by atoms with Crippen LogP contribution in [0.1, 0.15) is 39.6 Å². The van der Waals surface area contributed by atoms with Gasteiger partial charge in [0, 0.05) is 17.9 Å². The van der Waals surface area contributed by atoms with Crippen molar-refractivity contribution in [3.8, 4) is 5.75 Å². The van der Waals surface area contributed by atoms with E-state index in [1.165, 1.54) is 0 Å². The van der Waals surface area contributed by atoms with Gasteiger partial charge in [-0.3, -0.25) is 0 Å². The molecule has 0 atom stereocenters. The predicted molar refractivity (Wildman–Crippen MR) is 78.6 cm³/mol. The van der Waals surface area contributed by atoms with E-state index in [0.717, 1.165) is 22.6 Å². The number of hydrogen-bond donors (Lipinski definition) is 1. The molecule has 1 heterocycles. The second-order valence-electron chi connectivity index (χ2n) is 4.97. The van der Waals surface area contributed by atoms with Crippen LogP contribution >= 0.6 is 12.6 Å². The zero-order chi connectivity index (χ0) is 13.3. The zero-order valence-electron chi connectivity index (χ0n) is 11.3. The van der Waals surface area contributed by atoms with Gasteiger partial charge in [-0.25, -0.2) is 4.98 Å². The van der Waals surface area contributed by atoms with Gasteiger partial charge >= 0.3 is 0 Å². The molecule has 2 rings (SSSR count). The summed E-state index contributed by atoms with van der Waals surface area (Å²) in [4.78, 5) is 4.63. The van der Waals surface area contributed by atoms with Crippen molar-refractivity contribution in [2.45, 2.75) is 45.6 Å². The van der Waals surface area contributed by atoms with Crippen molar-refractivity contribution in [2.75, 3.05) is 0 Å². The van der Waals surface area contributed by atoms with Crippen molar-refractivity contribution < 1.29 is 4.74 Å². The third-order valence-corrected chi connectivity index (χ3v) is 3.05. The molecule has 98 valence electrons. The highest BCUT2D eigenvalue weighted by Crippen LogP contribution is 2.26. The number of imidazole rings is 1. The van der Waals surface area contributed by atoms with Gasteiger partial charge in [-0.05, 0) is 39.8 Å². The Hall–Kier alpha value is -1.16. The van der Waals surface area contributed by atoms with Crippen molar-refractivity contribution in [3.05, 3.63) is 24.0 Å². The number of nitrogens with zero attached hydrogens (tertiary/aromatic N) is 2. The minimum atomic E-state index is 0.180. The van der Waals surface area contributed by atoms with E-state index in [1.807, 2.05) is 26.0 Å². The number of thiol groups is 1. The monoisotopic (exact) mass is 264 g/mol. The number of rotatable bonds is 4. The van der Waals surface area contributed by atoms with Gasteiger partial charge in [-0.2, -0.15) is 12.6 Å². The Morgan fingerprint density at radius 2 is 2.00 bits per heavy atom. The minimum Gasteiger partial charge on any atom is -0.491 e. The van der Waals surface area contributed by atoms with Crippen LogP contribution in [0.3, 0.4) is 0 Å². The Labute approximate surface area is 114 Å². The lowest BCUT2D eigenvalue weighted by Crippen LogP contribution is -2.06. The third-order valence-electron chi connectivity index (χ3n) is 2.76. The summed E-state index contributed by atoms with van der Waals surface area (Å²) < 4.78 is 7.92. The SMILES string of the molecule is CC(C)Oc1ccc2c(c1)nc(CS)n2C(C)C. The predicted octanol–water partition coefficient (Wildman–Crippen LogP) is 3.83. The summed E-state index contributed by atoms with van der Waals surface area (Å²) in [6.45, 7) is 8.37. The van der Waals surface area contributed by atoms with E-state index < -0.39 is 0 Å². The number of aromatic nitrogens is 2. The van der Waals surface area contributed by atoms with E-state index >= 15 is 0 Å². The van der Waals surface area contributed by atoms with Crippen LogP contribution in [-0.2, 0) is 5.75 Å². The Balaban J connectivity index is 2.52. The molecule has 0 unspecified atom stereocenters. The molecular weight excluding hydrogens is 244 g/mol. The third kappa shape index (κ3) is 2.48. The number of ether oxygens (including phenoxy) is 1. The smallest absolute Gasteiger partial charge is 0.121 e. The van der Waals surface area contributed by atoms with Crippen LogP contribution in [-0.4, -0.2) is 15.7 Å². The highest BCUT2D eigenvalue weighted by Gasteiger charge is 2.12. The first-order valence-electron chi connectivity index (χ1n) is 6.31. The molecule has 1 aromatic heterocycles. The van der Waals surface area contributed by atoms with Crippen molar-refractivity contribution >= 4 is 23.7 Å². The van der Waals surface area contributed by atoms with E-state index in [0.29, 0.717) is 11.8 Å². The van der Waals surface area contributed by atoms with E-state index in [-0.39, 0.29) is 6.10 Å². The van der Waals surface area contributed by atoms with Gasteiger partial charge in [0.25, 0.3) is 0 Å². The Morgan fingerprint density at radius 3 is 2.56 bits per heavy atom.